The maximum absolute atomic E-state index is 13.6. The first kappa shape index (κ1) is 19.7. The summed E-state index contributed by atoms with van der Waals surface area (Å²) >= 11 is 0. The van der Waals surface area contributed by atoms with E-state index in [1.807, 2.05) is 0 Å². The molecule has 0 radical (unpaired) electrons. The number of aromatic nitrogens is 4. The lowest BCUT2D eigenvalue weighted by molar-refractivity contribution is -0.114. The number of methoxy groups -OCH3 is 1. The molecule has 3 heterocycles. The molecular formula is C21H21FN6O2. The van der Waals surface area contributed by atoms with Crippen LogP contribution in [0, 0.1) is 5.82 Å². The number of hydrogen-bond donors (Lipinski definition) is 1. The van der Waals surface area contributed by atoms with Crippen LogP contribution < -0.4 is 15.0 Å². The number of pyridine rings is 2. The number of nitrogens with zero attached hydrogens (tertiary/aromatic N) is 5. The minimum absolute atomic E-state index is 0.0888. The van der Waals surface area contributed by atoms with Crippen LogP contribution in [-0.2, 0) is 17.6 Å². The smallest absolute Gasteiger partial charge is 0.243 e. The van der Waals surface area contributed by atoms with E-state index in [1.54, 1.807) is 24.1 Å². The normalized spacial score (nSPS) is 12.4. The Morgan fingerprint density at radius 2 is 2.10 bits per heavy atom. The maximum atomic E-state index is 13.6. The van der Waals surface area contributed by atoms with E-state index in [1.165, 1.54) is 31.6 Å². The van der Waals surface area contributed by atoms with Gasteiger partial charge in [0.25, 0.3) is 0 Å². The van der Waals surface area contributed by atoms with Crippen LogP contribution in [0.5, 0.6) is 5.88 Å². The fourth-order valence-corrected chi connectivity index (χ4v) is 3.44. The molecular weight excluding hydrogens is 387 g/mol. The SMILES string of the molecule is COc1ccc(NC(=O)CN(C)c2nc(-c3cc(F)ccn3)nc3c2CCC3)cn1. The molecule has 3 aromatic rings. The molecule has 0 fully saturated rings. The summed E-state index contributed by atoms with van der Waals surface area (Å²) in [6.45, 7) is 0.0888. The van der Waals surface area contributed by atoms with Crippen molar-refractivity contribution < 1.29 is 13.9 Å². The summed E-state index contributed by atoms with van der Waals surface area (Å²) in [4.78, 5) is 31.8. The highest BCUT2D eigenvalue weighted by Gasteiger charge is 2.23. The molecule has 0 saturated carbocycles. The van der Waals surface area contributed by atoms with Crippen LogP contribution in [0.2, 0.25) is 0 Å². The molecule has 154 valence electrons. The number of ether oxygens (including phenoxy) is 1. The van der Waals surface area contributed by atoms with Gasteiger partial charge in [-0.15, -0.1) is 0 Å². The van der Waals surface area contributed by atoms with E-state index in [0.717, 1.165) is 30.5 Å². The number of hydrogen-bond acceptors (Lipinski definition) is 7. The van der Waals surface area contributed by atoms with Gasteiger partial charge in [-0.25, -0.2) is 19.3 Å². The van der Waals surface area contributed by atoms with Gasteiger partial charge in [-0.05, 0) is 31.4 Å². The van der Waals surface area contributed by atoms with E-state index in [9.17, 15) is 9.18 Å². The zero-order chi connectivity index (χ0) is 21.1. The number of anilines is 2. The molecule has 1 N–H and O–H groups in total. The second-order valence-corrected chi connectivity index (χ2v) is 7.00. The van der Waals surface area contributed by atoms with E-state index >= 15 is 0 Å². The second-order valence-electron chi connectivity index (χ2n) is 7.00. The molecule has 0 aliphatic heterocycles. The Balaban J connectivity index is 1.55. The maximum Gasteiger partial charge on any atom is 0.243 e. The Morgan fingerprint density at radius 3 is 2.83 bits per heavy atom. The van der Waals surface area contributed by atoms with Gasteiger partial charge in [0.1, 0.15) is 17.3 Å². The summed E-state index contributed by atoms with van der Waals surface area (Å²) in [5.41, 5.74) is 2.89. The number of rotatable bonds is 6. The lowest BCUT2D eigenvalue weighted by atomic mass is 10.2. The summed E-state index contributed by atoms with van der Waals surface area (Å²) in [5, 5.41) is 2.81. The van der Waals surface area contributed by atoms with Gasteiger partial charge in [-0.3, -0.25) is 9.78 Å². The van der Waals surface area contributed by atoms with Crippen molar-refractivity contribution in [3.05, 3.63) is 53.7 Å². The van der Waals surface area contributed by atoms with Crippen LogP contribution in [0.3, 0.4) is 0 Å². The first-order chi connectivity index (χ1) is 14.5. The standard InChI is InChI=1S/C21H21FN6O2/c1-28(12-18(29)25-14-6-7-19(30-2)24-11-14)21-15-4-3-5-16(15)26-20(27-21)17-10-13(22)8-9-23-17/h6-11H,3-5,12H2,1-2H3,(H,25,29). The first-order valence-electron chi connectivity index (χ1n) is 9.56. The predicted octanol–water partition coefficient (Wildman–Crippen LogP) is 2.64. The molecule has 0 saturated heterocycles. The van der Waals surface area contributed by atoms with E-state index in [2.05, 4.69) is 25.3 Å². The largest absolute Gasteiger partial charge is 0.481 e. The number of nitrogens with one attached hydrogen (secondary N) is 1. The monoisotopic (exact) mass is 408 g/mol. The summed E-state index contributed by atoms with van der Waals surface area (Å²) < 4.78 is 18.7. The van der Waals surface area contributed by atoms with Gasteiger partial charge in [0, 0.05) is 36.6 Å². The Bertz CT molecular complexity index is 1070. The van der Waals surface area contributed by atoms with Crippen molar-refractivity contribution in [3.63, 3.8) is 0 Å². The van der Waals surface area contributed by atoms with Crippen molar-refractivity contribution in [2.45, 2.75) is 19.3 Å². The van der Waals surface area contributed by atoms with Crippen molar-refractivity contribution in [2.24, 2.45) is 0 Å². The summed E-state index contributed by atoms with van der Waals surface area (Å²) in [7, 11) is 3.33. The third-order valence-electron chi connectivity index (χ3n) is 4.83. The first-order valence-corrected chi connectivity index (χ1v) is 9.56. The Kier molecular flexibility index (Phi) is 5.51. The third kappa shape index (κ3) is 4.19. The van der Waals surface area contributed by atoms with Gasteiger partial charge < -0.3 is 15.0 Å². The van der Waals surface area contributed by atoms with Gasteiger partial charge in [0.05, 0.1) is 25.5 Å². The average molecular weight is 408 g/mol. The molecule has 1 amide bonds. The summed E-state index contributed by atoms with van der Waals surface area (Å²) in [6, 6.07) is 5.99. The van der Waals surface area contributed by atoms with Crippen molar-refractivity contribution in [2.75, 3.05) is 30.9 Å². The second kappa shape index (κ2) is 8.40. The molecule has 0 unspecified atom stereocenters. The highest BCUT2D eigenvalue weighted by Crippen LogP contribution is 2.30. The van der Waals surface area contributed by atoms with E-state index in [-0.39, 0.29) is 12.5 Å². The number of amides is 1. The third-order valence-corrected chi connectivity index (χ3v) is 4.83. The highest BCUT2D eigenvalue weighted by atomic mass is 19.1. The molecule has 30 heavy (non-hydrogen) atoms. The van der Waals surface area contributed by atoms with Crippen LogP contribution in [0.25, 0.3) is 11.5 Å². The number of carbonyl (C=O) groups excluding carboxylic acids is 1. The van der Waals surface area contributed by atoms with Gasteiger partial charge in [0.15, 0.2) is 5.82 Å². The summed E-state index contributed by atoms with van der Waals surface area (Å²) in [6.07, 6.45) is 5.56. The molecule has 8 nitrogen and oxygen atoms in total. The Labute approximate surface area is 173 Å². The molecule has 9 heteroatoms. The number of aryl methyl sites for hydroxylation is 1. The lowest BCUT2D eigenvalue weighted by Crippen LogP contribution is -2.31. The molecule has 0 bridgehead atoms. The van der Waals surface area contributed by atoms with Crippen molar-refractivity contribution in [3.8, 4) is 17.4 Å². The van der Waals surface area contributed by atoms with Gasteiger partial charge in [-0.1, -0.05) is 0 Å². The number of fused-ring (bicyclic) bond motifs is 1. The van der Waals surface area contributed by atoms with Crippen molar-refractivity contribution in [1.82, 2.24) is 19.9 Å². The number of halogens is 1. The zero-order valence-electron chi connectivity index (χ0n) is 16.7. The molecule has 4 rings (SSSR count). The minimum Gasteiger partial charge on any atom is -0.481 e. The number of carbonyl (C=O) groups is 1. The minimum atomic E-state index is -0.397. The van der Waals surface area contributed by atoms with Crippen LogP contribution in [-0.4, -0.2) is 46.5 Å². The van der Waals surface area contributed by atoms with E-state index < -0.39 is 5.82 Å². The predicted molar refractivity (Wildman–Crippen MR) is 110 cm³/mol. The fraction of sp³-hybridized carbons (Fsp3) is 0.286. The van der Waals surface area contributed by atoms with Crippen molar-refractivity contribution in [1.29, 1.82) is 0 Å². The van der Waals surface area contributed by atoms with E-state index in [0.29, 0.717) is 28.9 Å². The van der Waals surface area contributed by atoms with Gasteiger partial charge in [-0.2, -0.15) is 0 Å². The van der Waals surface area contributed by atoms with Gasteiger partial charge in [0.2, 0.25) is 11.8 Å². The van der Waals surface area contributed by atoms with Crippen LogP contribution >= 0.6 is 0 Å². The highest BCUT2D eigenvalue weighted by molar-refractivity contribution is 5.93. The Hall–Kier alpha value is -3.62. The Morgan fingerprint density at radius 1 is 1.23 bits per heavy atom. The van der Waals surface area contributed by atoms with Gasteiger partial charge >= 0.3 is 0 Å². The topological polar surface area (TPSA) is 93.1 Å². The zero-order valence-corrected chi connectivity index (χ0v) is 16.7. The summed E-state index contributed by atoms with van der Waals surface area (Å²) in [5.74, 6) is 0.894. The molecule has 0 spiro atoms. The van der Waals surface area contributed by atoms with Crippen LogP contribution in [0.15, 0.2) is 36.7 Å². The number of likely N-dealkylation sites (N-methyl/N-ethyl adjacent to an activating group) is 1. The molecule has 1 aliphatic carbocycles. The lowest BCUT2D eigenvalue weighted by Gasteiger charge is -2.21. The van der Waals surface area contributed by atoms with Crippen molar-refractivity contribution >= 4 is 17.4 Å². The van der Waals surface area contributed by atoms with Crippen LogP contribution in [0.1, 0.15) is 17.7 Å². The average Bonchev–Trinajstić information content (AvgIpc) is 3.22. The van der Waals surface area contributed by atoms with Crippen LogP contribution in [0.4, 0.5) is 15.9 Å². The molecule has 0 atom stereocenters. The quantitative estimate of drug-likeness (QED) is 0.670. The fourth-order valence-electron chi connectivity index (χ4n) is 3.44. The molecule has 3 aromatic heterocycles. The van der Waals surface area contributed by atoms with E-state index in [4.69, 9.17) is 4.74 Å². The molecule has 1 aliphatic rings. The molecule has 0 aromatic carbocycles.